The number of hydrogen-bond acceptors (Lipinski definition) is 6. The van der Waals surface area contributed by atoms with Gasteiger partial charge in [-0.3, -0.25) is 14.6 Å². The molecule has 3 aromatic rings. The van der Waals surface area contributed by atoms with Crippen LogP contribution in [0.2, 0.25) is 0 Å². The fraction of sp³-hybridized carbons (Fsp3) is 0.385. The van der Waals surface area contributed by atoms with Gasteiger partial charge in [0.15, 0.2) is 11.6 Å². The number of methoxy groups -OCH3 is 1. The van der Waals surface area contributed by atoms with Crippen molar-refractivity contribution in [2.45, 2.75) is 31.3 Å². The predicted molar refractivity (Wildman–Crippen MR) is 130 cm³/mol. The fourth-order valence-electron chi connectivity index (χ4n) is 5.51. The highest BCUT2D eigenvalue weighted by Gasteiger charge is 2.60. The van der Waals surface area contributed by atoms with E-state index in [1.807, 2.05) is 0 Å². The van der Waals surface area contributed by atoms with Crippen molar-refractivity contribution < 1.29 is 28.9 Å². The maximum atomic E-state index is 15.5. The summed E-state index contributed by atoms with van der Waals surface area (Å²) < 4.78 is 20.7. The van der Waals surface area contributed by atoms with Crippen LogP contribution >= 0.6 is 0 Å². The number of benzene rings is 2. The van der Waals surface area contributed by atoms with E-state index in [1.54, 1.807) is 36.1 Å². The normalized spacial score (nSPS) is 21.3. The predicted octanol–water partition coefficient (Wildman–Crippen LogP) is 2.66. The Balaban J connectivity index is 1.63. The average Bonchev–Trinajstić information content (AvgIpc) is 3.31. The number of ether oxygens (including phenoxy) is 1. The number of amides is 3. The molecule has 0 bridgehead atoms. The number of phenolic OH excluding ortho intramolecular Hbond substituents is 1. The van der Waals surface area contributed by atoms with Crippen molar-refractivity contribution in [2.75, 3.05) is 33.4 Å². The van der Waals surface area contributed by atoms with Crippen molar-refractivity contribution >= 4 is 22.8 Å². The van der Waals surface area contributed by atoms with Crippen LogP contribution in [0.1, 0.15) is 36.2 Å². The van der Waals surface area contributed by atoms with Crippen molar-refractivity contribution in [3.8, 4) is 11.5 Å². The first-order chi connectivity index (χ1) is 17.3. The number of carbonyl (C=O) groups excluding carboxylic acids is 2. The number of urea groups is 1. The summed E-state index contributed by atoms with van der Waals surface area (Å²) in [6.07, 6.45) is 0.657. The Morgan fingerprint density at radius 3 is 2.78 bits per heavy atom. The van der Waals surface area contributed by atoms with E-state index >= 15 is 4.39 Å². The van der Waals surface area contributed by atoms with E-state index in [2.05, 4.69) is 10.3 Å². The van der Waals surface area contributed by atoms with Crippen LogP contribution in [0.25, 0.3) is 10.9 Å². The van der Waals surface area contributed by atoms with E-state index in [4.69, 9.17) is 9.84 Å². The number of fused-ring (bicyclic) bond motifs is 4. The number of nitrogens with zero attached hydrogens (tertiary/aromatic N) is 2. The molecular formula is C26H29FN4O5. The number of halogens is 1. The molecule has 3 heterocycles. The SMILES string of the molecule is COc1ccc2[nH]c3c(c2c1F)C[C@@]1(C)C(=O)N(CCCNCCO)C(=O)N1C3c1cccc(O)c1. The summed E-state index contributed by atoms with van der Waals surface area (Å²) in [7, 11) is 1.40. The van der Waals surface area contributed by atoms with Crippen LogP contribution in [0.5, 0.6) is 11.5 Å². The molecule has 2 aliphatic rings. The number of hydrogen-bond donors (Lipinski definition) is 4. The smallest absolute Gasteiger partial charge is 0.328 e. The second kappa shape index (κ2) is 9.11. The molecule has 1 fully saturated rings. The van der Waals surface area contributed by atoms with E-state index in [-0.39, 0.29) is 37.0 Å². The molecule has 0 radical (unpaired) electrons. The molecule has 2 aliphatic heterocycles. The number of nitrogens with one attached hydrogen (secondary N) is 2. The molecular weight excluding hydrogens is 467 g/mol. The minimum Gasteiger partial charge on any atom is -0.508 e. The molecule has 2 aromatic carbocycles. The Labute approximate surface area is 207 Å². The van der Waals surface area contributed by atoms with E-state index < -0.39 is 23.4 Å². The summed E-state index contributed by atoms with van der Waals surface area (Å²) >= 11 is 0. The van der Waals surface area contributed by atoms with Crippen molar-refractivity contribution in [3.05, 3.63) is 59.0 Å². The number of carbonyl (C=O) groups is 2. The van der Waals surface area contributed by atoms with Crippen LogP contribution in [0, 0.1) is 5.82 Å². The summed E-state index contributed by atoms with van der Waals surface area (Å²) in [5.41, 5.74) is 1.12. The maximum absolute atomic E-state index is 15.5. The number of aromatic amines is 1. The van der Waals surface area contributed by atoms with Crippen molar-refractivity contribution in [3.63, 3.8) is 0 Å². The number of aromatic hydroxyl groups is 1. The summed E-state index contributed by atoms with van der Waals surface area (Å²) in [4.78, 5) is 33.6. The maximum Gasteiger partial charge on any atom is 0.328 e. The molecule has 1 saturated heterocycles. The molecule has 2 atom stereocenters. The highest BCUT2D eigenvalue weighted by molar-refractivity contribution is 6.08. The van der Waals surface area contributed by atoms with Gasteiger partial charge >= 0.3 is 6.03 Å². The molecule has 190 valence electrons. The standard InChI is InChI=1S/C26H29FN4O5/c1-26-14-17-20-18(7-8-19(36-2)21(20)27)29-22(17)23(15-5-3-6-16(33)13-15)31(26)25(35)30(24(26)34)11-4-9-28-10-12-32/h3,5-8,13,23,28-29,32-33H,4,9-12,14H2,1-2H3/t23?,26-/m0/s1. The molecule has 1 aromatic heterocycles. The molecule has 0 saturated carbocycles. The third-order valence-electron chi connectivity index (χ3n) is 7.16. The number of aromatic nitrogens is 1. The lowest BCUT2D eigenvalue weighted by molar-refractivity contribution is -0.133. The Morgan fingerprint density at radius 2 is 2.06 bits per heavy atom. The number of phenols is 1. The zero-order chi connectivity index (χ0) is 25.6. The quantitative estimate of drug-likeness (QED) is 0.281. The molecule has 0 spiro atoms. The van der Waals surface area contributed by atoms with Gasteiger partial charge in [0.2, 0.25) is 0 Å². The molecule has 10 heteroatoms. The fourth-order valence-corrected chi connectivity index (χ4v) is 5.51. The Hall–Kier alpha value is -3.63. The monoisotopic (exact) mass is 496 g/mol. The zero-order valence-electron chi connectivity index (χ0n) is 20.2. The molecule has 4 N–H and O–H groups in total. The van der Waals surface area contributed by atoms with Crippen molar-refractivity contribution in [2.24, 2.45) is 0 Å². The Kier molecular flexibility index (Phi) is 6.09. The van der Waals surface area contributed by atoms with Crippen molar-refractivity contribution in [1.29, 1.82) is 0 Å². The molecule has 9 nitrogen and oxygen atoms in total. The van der Waals surface area contributed by atoms with E-state index in [0.29, 0.717) is 47.2 Å². The van der Waals surface area contributed by atoms with Gasteiger partial charge in [-0.15, -0.1) is 0 Å². The summed E-state index contributed by atoms with van der Waals surface area (Å²) in [5.74, 6) is -0.752. The first-order valence-corrected chi connectivity index (χ1v) is 11.9. The van der Waals surface area contributed by atoms with Crippen LogP contribution in [0.4, 0.5) is 9.18 Å². The van der Waals surface area contributed by atoms with Gasteiger partial charge in [0.25, 0.3) is 5.91 Å². The molecule has 1 unspecified atom stereocenters. The van der Waals surface area contributed by atoms with Crippen LogP contribution in [0.3, 0.4) is 0 Å². The van der Waals surface area contributed by atoms with Gasteiger partial charge in [-0.1, -0.05) is 12.1 Å². The van der Waals surface area contributed by atoms with Gasteiger partial charge < -0.3 is 25.3 Å². The van der Waals surface area contributed by atoms with Crippen LogP contribution in [-0.2, 0) is 11.2 Å². The second-order valence-electron chi connectivity index (χ2n) is 9.41. The van der Waals surface area contributed by atoms with E-state index in [0.717, 1.165) is 0 Å². The van der Waals surface area contributed by atoms with E-state index in [1.165, 1.54) is 24.1 Å². The first kappa shape index (κ1) is 24.1. The van der Waals surface area contributed by atoms with Gasteiger partial charge in [0, 0.05) is 36.1 Å². The third kappa shape index (κ3) is 3.59. The lowest BCUT2D eigenvalue weighted by atomic mass is 9.81. The number of imide groups is 1. The van der Waals surface area contributed by atoms with Gasteiger partial charge in [-0.05, 0) is 55.3 Å². The molecule has 36 heavy (non-hydrogen) atoms. The number of rotatable bonds is 8. The summed E-state index contributed by atoms with van der Waals surface area (Å²) in [6, 6.07) is 8.63. The van der Waals surface area contributed by atoms with Gasteiger partial charge in [0.1, 0.15) is 17.3 Å². The largest absolute Gasteiger partial charge is 0.508 e. The second-order valence-corrected chi connectivity index (χ2v) is 9.41. The Bertz CT molecular complexity index is 1340. The average molecular weight is 497 g/mol. The van der Waals surface area contributed by atoms with Crippen molar-refractivity contribution in [1.82, 2.24) is 20.1 Å². The number of H-pyrrole nitrogens is 1. The van der Waals surface area contributed by atoms with Gasteiger partial charge in [-0.25, -0.2) is 9.18 Å². The van der Waals surface area contributed by atoms with Gasteiger partial charge in [-0.2, -0.15) is 0 Å². The third-order valence-corrected chi connectivity index (χ3v) is 7.16. The lowest BCUT2D eigenvalue weighted by Crippen LogP contribution is -2.53. The summed E-state index contributed by atoms with van der Waals surface area (Å²) in [6.45, 7) is 2.91. The van der Waals surface area contributed by atoms with E-state index in [9.17, 15) is 14.7 Å². The summed E-state index contributed by atoms with van der Waals surface area (Å²) in [5, 5.41) is 22.5. The number of aliphatic hydroxyl groups excluding tert-OH is 1. The van der Waals surface area contributed by atoms with Crippen LogP contribution in [-0.4, -0.2) is 75.8 Å². The highest BCUT2D eigenvalue weighted by atomic mass is 19.1. The molecule has 5 rings (SSSR count). The lowest BCUT2D eigenvalue weighted by Gasteiger charge is -2.42. The van der Waals surface area contributed by atoms with Gasteiger partial charge in [0.05, 0.1) is 13.7 Å². The minimum atomic E-state index is -1.25. The van der Waals surface area contributed by atoms with Crippen LogP contribution in [0.15, 0.2) is 36.4 Å². The number of aliphatic hydroxyl groups is 1. The highest BCUT2D eigenvalue weighted by Crippen LogP contribution is 2.49. The van der Waals surface area contributed by atoms with Crippen LogP contribution < -0.4 is 10.1 Å². The molecule has 0 aliphatic carbocycles. The molecule has 3 amide bonds. The minimum absolute atomic E-state index is 0.00602. The topological polar surface area (TPSA) is 118 Å². The first-order valence-electron chi connectivity index (χ1n) is 11.9. The zero-order valence-corrected chi connectivity index (χ0v) is 20.2. The Morgan fingerprint density at radius 1 is 1.25 bits per heavy atom.